The molecule has 2 heterocycles. The van der Waals surface area contributed by atoms with Gasteiger partial charge in [0.05, 0.1) is 28.5 Å². The van der Waals surface area contributed by atoms with E-state index in [1.165, 1.54) is 41.7 Å². The minimum absolute atomic E-state index is 0.0615. The monoisotopic (exact) mass is 1890 g/mol. The molecular weight excluding hydrogens is 1770 g/mol. The quantitative estimate of drug-likeness (QED) is 0.0160. The van der Waals surface area contributed by atoms with Crippen LogP contribution >= 0.6 is 22.9 Å². The number of para-hydroxylation sites is 1. The third kappa shape index (κ3) is 40.5. The first-order chi connectivity index (χ1) is 66.3. The molecule has 0 aliphatic carbocycles. The Balaban J connectivity index is 0.000000235. The number of hydrogen-bond acceptors (Lipinski definition) is 15. The van der Waals surface area contributed by atoms with E-state index >= 15 is 0 Å². The van der Waals surface area contributed by atoms with Gasteiger partial charge in [0.15, 0.2) is 28.9 Å². The number of thiophene rings is 1. The zero-order valence-corrected chi connectivity index (χ0v) is 81.9. The van der Waals surface area contributed by atoms with Gasteiger partial charge in [-0.25, -0.2) is 0 Å². The molecule has 0 spiro atoms. The van der Waals surface area contributed by atoms with Gasteiger partial charge in [0.25, 0.3) is 0 Å². The minimum Gasteiger partial charge on any atom is -0.508 e. The Bertz CT molecular complexity index is 5930. The Kier molecular flexibility index (Phi) is 47.4. The standard InChI is InChI=1S/C24H24N2O2.2C24H27NO3.C23H24ClNO3.C21H23NO3S/c1-2-3-13-23(27)22(16-19-17-25-21-12-8-7-11-20(19)21)26-24(28)15-14-18-9-5-4-6-10-18;2*1-4-5-6-23(27)21(16-20-11-13-22(26)18(3)15-20)25-24(28)14-12-19-9-7-17(2)8-10-19;1-3-4-5-22(27)20(15-18-8-12-21(26)16(2)14-18)25-23(28)13-9-17-6-10-19(24)11-7-17;1-3-4-7-20(24)18(14-16-8-10-19(23)15(2)13-16)22-21(25)11-9-17-6-5-12-26-17/h4-12,14-17,25H,2-3,13H2,1H3,(H,26,28);2*7-16,26H,4-6H2,1-3H3,(H,25,28);6-15,26H,3-5H2,1-2H3,(H,25,28);5-6,8-14,23H,3-4,7H2,1-2H3,(H,22,25)/b15-14+,22-16-;2*14-12+,21-16-;13-9+,20-15-;11-9+,18-14-. The van der Waals surface area contributed by atoms with Crippen LogP contribution in [-0.2, 0) is 47.9 Å². The van der Waals surface area contributed by atoms with Crippen LogP contribution in [0.25, 0.3) is 71.7 Å². The molecule has 22 heteroatoms. The number of aromatic hydroxyl groups is 4. The molecule has 0 atom stereocenters. The Morgan fingerprint density at radius 3 is 0.884 bits per heavy atom. The van der Waals surface area contributed by atoms with Crippen molar-refractivity contribution in [1.82, 2.24) is 31.6 Å². The predicted molar refractivity (Wildman–Crippen MR) is 563 cm³/mol. The molecular formula is C116H125ClN6O14S. The summed E-state index contributed by atoms with van der Waals surface area (Å²) in [7, 11) is 0. The fourth-order valence-corrected chi connectivity index (χ4v) is 13.7. The molecule has 0 bridgehead atoms. The number of nitrogens with one attached hydrogen (secondary N) is 6. The molecule has 0 unspecified atom stereocenters. The van der Waals surface area contributed by atoms with Crippen molar-refractivity contribution in [3.8, 4) is 23.0 Å². The Morgan fingerprint density at radius 2 is 0.587 bits per heavy atom. The fourth-order valence-electron chi connectivity index (χ4n) is 13.0. The van der Waals surface area contributed by atoms with Crippen molar-refractivity contribution in [3.63, 3.8) is 0 Å². The second-order valence-electron chi connectivity index (χ2n) is 32.8. The van der Waals surface area contributed by atoms with E-state index in [0.717, 1.165) is 141 Å². The minimum atomic E-state index is -0.387. The van der Waals surface area contributed by atoms with Crippen molar-refractivity contribution in [3.05, 3.63) is 376 Å². The Hall–Kier alpha value is -15.2. The average molecular weight is 1890 g/mol. The normalized spacial score (nSPS) is 11.7. The number of carbonyl (C=O) groups excluding carboxylic acids is 10. The van der Waals surface area contributed by atoms with Gasteiger partial charge in [0, 0.05) is 95.0 Å². The van der Waals surface area contributed by atoms with Gasteiger partial charge in [-0.3, -0.25) is 47.9 Å². The lowest BCUT2D eigenvalue weighted by Crippen LogP contribution is -2.25. The second kappa shape index (κ2) is 59.5. The zero-order valence-electron chi connectivity index (χ0n) is 80.3. The summed E-state index contributed by atoms with van der Waals surface area (Å²) in [5.74, 6) is -1.48. The molecule has 5 amide bonds. The van der Waals surface area contributed by atoms with E-state index in [0.29, 0.717) is 65.1 Å². The number of rotatable bonds is 40. The summed E-state index contributed by atoms with van der Waals surface area (Å²) >= 11 is 7.39. The fraction of sp³-hybridized carbons (Fsp3) is 0.224. The second-order valence-corrected chi connectivity index (χ2v) is 34.2. The number of phenols is 4. The SMILES string of the molecule is CCCCC(=O)/C(=C/c1c[nH]c2ccccc12)NC(=O)/C=C/c1ccccc1.CCCCC(=O)/C(=C/c1ccc(O)c(C)c1)NC(=O)/C=C/c1ccc(C)cc1.CCCCC(=O)/C(=C/c1ccc(O)c(C)c1)NC(=O)/C=C/c1ccc(C)cc1.CCCCC(=O)/C(=C/c1ccc(O)c(C)c1)NC(=O)/C=C/c1ccc(Cl)cc1.CCCCC(=O)/C(=C/c1ccc(O)c(C)c1)NC(=O)/C=C/c1cccs1. The topological polar surface area (TPSA) is 328 Å². The highest BCUT2D eigenvalue weighted by Crippen LogP contribution is 2.27. The van der Waals surface area contributed by atoms with Gasteiger partial charge in [0.2, 0.25) is 29.5 Å². The van der Waals surface area contributed by atoms with Crippen LogP contribution in [0.2, 0.25) is 5.02 Å². The molecule has 9 aromatic carbocycles. The van der Waals surface area contributed by atoms with Crippen LogP contribution in [0.3, 0.4) is 0 Å². The summed E-state index contributed by atoms with van der Waals surface area (Å²) in [5.41, 5.74) is 14.9. The average Bonchev–Trinajstić information content (AvgIpc) is 1.68. The summed E-state index contributed by atoms with van der Waals surface area (Å²) in [6.45, 7) is 21.2. The third-order valence-corrected chi connectivity index (χ3v) is 22.2. The molecule has 10 N–H and O–H groups in total. The zero-order chi connectivity index (χ0) is 100. The molecule has 138 heavy (non-hydrogen) atoms. The van der Waals surface area contributed by atoms with E-state index in [-0.39, 0.29) is 104 Å². The molecule has 0 saturated heterocycles. The number of halogens is 1. The first-order valence-corrected chi connectivity index (χ1v) is 47.5. The van der Waals surface area contributed by atoms with Gasteiger partial charge in [-0.1, -0.05) is 229 Å². The molecule has 0 radical (unpaired) electrons. The van der Waals surface area contributed by atoms with Crippen LogP contribution in [-0.4, -0.2) is 83.9 Å². The molecule has 0 fully saturated rings. The highest BCUT2D eigenvalue weighted by atomic mass is 35.5. The largest absolute Gasteiger partial charge is 0.508 e. The molecule has 716 valence electrons. The number of carbonyl (C=O) groups is 10. The number of fused-ring (bicyclic) bond motifs is 1. The van der Waals surface area contributed by atoms with Gasteiger partial charge < -0.3 is 52.0 Å². The number of benzene rings is 9. The maximum atomic E-state index is 12.7. The Morgan fingerprint density at radius 1 is 0.312 bits per heavy atom. The van der Waals surface area contributed by atoms with E-state index < -0.39 is 0 Å². The van der Waals surface area contributed by atoms with Crippen molar-refractivity contribution in [1.29, 1.82) is 0 Å². The number of allylic oxidation sites excluding steroid dienone is 5. The molecule has 11 rings (SSSR count). The van der Waals surface area contributed by atoms with Gasteiger partial charge in [-0.2, -0.15) is 0 Å². The van der Waals surface area contributed by atoms with Crippen LogP contribution < -0.4 is 26.6 Å². The summed E-state index contributed by atoms with van der Waals surface area (Å²) in [6.07, 6.45) is 36.1. The lowest BCUT2D eigenvalue weighted by molar-refractivity contribution is -0.120. The Labute approximate surface area is 819 Å². The maximum Gasteiger partial charge on any atom is 0.248 e. The van der Waals surface area contributed by atoms with E-state index in [9.17, 15) is 68.4 Å². The van der Waals surface area contributed by atoms with E-state index in [1.54, 1.807) is 186 Å². The van der Waals surface area contributed by atoms with Crippen molar-refractivity contribution in [2.75, 3.05) is 0 Å². The first kappa shape index (κ1) is 110. The van der Waals surface area contributed by atoms with Crippen molar-refractivity contribution < 1.29 is 68.4 Å². The van der Waals surface area contributed by atoms with Gasteiger partial charge in [-0.05, 0) is 279 Å². The van der Waals surface area contributed by atoms with Gasteiger partial charge in [-0.15, -0.1) is 11.3 Å². The number of aromatic amines is 1. The van der Waals surface area contributed by atoms with Crippen LogP contribution in [0.4, 0.5) is 0 Å². The van der Waals surface area contributed by atoms with Crippen LogP contribution in [0.5, 0.6) is 23.0 Å². The first-order valence-electron chi connectivity index (χ1n) is 46.2. The highest BCUT2D eigenvalue weighted by molar-refractivity contribution is 7.10. The molecule has 0 saturated carbocycles. The number of phenolic OH excluding ortho intramolecular Hbond substituents is 4. The molecule has 11 aromatic rings. The number of aromatic nitrogens is 1. The summed E-state index contributed by atoms with van der Waals surface area (Å²) in [4.78, 5) is 129. The van der Waals surface area contributed by atoms with E-state index in [4.69, 9.17) is 11.6 Å². The molecule has 0 aliphatic rings. The summed E-state index contributed by atoms with van der Waals surface area (Å²) < 4.78 is 0. The van der Waals surface area contributed by atoms with Crippen LogP contribution in [0.1, 0.15) is 219 Å². The smallest absolute Gasteiger partial charge is 0.248 e. The molecule has 2 aromatic heterocycles. The van der Waals surface area contributed by atoms with Gasteiger partial charge >= 0.3 is 0 Å². The lowest BCUT2D eigenvalue weighted by atomic mass is 10.1. The van der Waals surface area contributed by atoms with Crippen LogP contribution in [0.15, 0.2) is 283 Å². The predicted octanol–water partition coefficient (Wildman–Crippen LogP) is 25.0. The number of Topliss-reactive ketones (excluding diaryl/α,β-unsaturated/α-hetero) is 5. The van der Waals surface area contributed by atoms with E-state index in [1.807, 2.05) is 175 Å². The number of amides is 5. The number of H-pyrrole nitrogens is 1. The van der Waals surface area contributed by atoms with Gasteiger partial charge in [0.1, 0.15) is 23.0 Å². The third-order valence-electron chi connectivity index (χ3n) is 21.1. The van der Waals surface area contributed by atoms with Crippen LogP contribution in [0, 0.1) is 41.5 Å². The van der Waals surface area contributed by atoms with Crippen molar-refractivity contribution >= 4 is 153 Å². The number of hydrogen-bond donors (Lipinski definition) is 10. The summed E-state index contributed by atoms with van der Waals surface area (Å²) in [6, 6.07) is 64.2. The highest BCUT2D eigenvalue weighted by Gasteiger charge is 2.19. The molecule has 20 nitrogen and oxygen atoms in total. The maximum absolute atomic E-state index is 12.7. The number of aryl methyl sites for hydroxylation is 6. The van der Waals surface area contributed by atoms with Crippen molar-refractivity contribution in [2.45, 2.75) is 172 Å². The molecule has 0 aliphatic heterocycles. The van der Waals surface area contributed by atoms with Crippen molar-refractivity contribution in [2.24, 2.45) is 0 Å². The number of ketones is 5. The number of unbranched alkanes of at least 4 members (excludes halogenated alkanes) is 5. The summed E-state index contributed by atoms with van der Waals surface area (Å²) in [5, 5.41) is 55.8. The van der Waals surface area contributed by atoms with E-state index in [2.05, 4.69) is 31.6 Å². The lowest BCUT2D eigenvalue weighted by Gasteiger charge is -2.08.